The summed E-state index contributed by atoms with van der Waals surface area (Å²) in [6, 6.07) is 20.9. The van der Waals surface area contributed by atoms with Crippen molar-refractivity contribution in [1.29, 1.82) is 0 Å². The Morgan fingerprint density at radius 3 is 2.18 bits per heavy atom. The highest BCUT2D eigenvalue weighted by molar-refractivity contribution is 5.89. The van der Waals surface area contributed by atoms with Crippen molar-refractivity contribution in [3.8, 4) is 0 Å². The van der Waals surface area contributed by atoms with Crippen molar-refractivity contribution < 1.29 is 14.3 Å². The van der Waals surface area contributed by atoms with Crippen molar-refractivity contribution in [3.63, 3.8) is 0 Å². The van der Waals surface area contributed by atoms with E-state index in [9.17, 15) is 9.59 Å². The van der Waals surface area contributed by atoms with Gasteiger partial charge in [-0.05, 0) is 49.7 Å². The van der Waals surface area contributed by atoms with Gasteiger partial charge in [-0.3, -0.25) is 9.59 Å². The second-order valence-corrected chi connectivity index (χ2v) is 10.1. The van der Waals surface area contributed by atoms with E-state index < -0.39 is 5.41 Å². The van der Waals surface area contributed by atoms with Crippen LogP contribution in [-0.4, -0.2) is 61.0 Å². The smallest absolute Gasteiger partial charge is 0.233 e. The summed E-state index contributed by atoms with van der Waals surface area (Å²) < 4.78 is 5.63. The molecule has 0 aromatic heterocycles. The van der Waals surface area contributed by atoms with Crippen LogP contribution in [0.1, 0.15) is 43.2 Å². The van der Waals surface area contributed by atoms with Crippen LogP contribution >= 0.6 is 0 Å². The molecule has 0 radical (unpaired) electrons. The lowest BCUT2D eigenvalue weighted by Crippen LogP contribution is -2.54. The first kappa shape index (κ1) is 22.1. The molecule has 2 amide bonds. The number of benzene rings is 2. The van der Waals surface area contributed by atoms with Gasteiger partial charge in [0.25, 0.3) is 0 Å². The molecule has 3 fully saturated rings. The number of hydrogen-bond acceptors (Lipinski definition) is 3. The van der Waals surface area contributed by atoms with Crippen LogP contribution in [0.15, 0.2) is 60.7 Å². The lowest BCUT2D eigenvalue weighted by atomic mass is 9.71. The third-order valence-electron chi connectivity index (χ3n) is 8.35. The second kappa shape index (κ2) is 8.94. The first-order valence-electron chi connectivity index (χ1n) is 12.3. The van der Waals surface area contributed by atoms with E-state index in [0.717, 1.165) is 44.1 Å². The third-order valence-corrected chi connectivity index (χ3v) is 8.35. The molecule has 33 heavy (non-hydrogen) atoms. The van der Waals surface area contributed by atoms with Crippen molar-refractivity contribution in [2.24, 2.45) is 5.41 Å². The van der Waals surface area contributed by atoms with Crippen molar-refractivity contribution in [2.75, 3.05) is 33.4 Å². The van der Waals surface area contributed by atoms with Gasteiger partial charge in [0.05, 0.1) is 10.8 Å². The molecule has 174 valence electrons. The molecule has 5 nitrogen and oxygen atoms in total. The molecule has 3 aliphatic heterocycles. The van der Waals surface area contributed by atoms with Crippen LogP contribution in [0.3, 0.4) is 0 Å². The van der Waals surface area contributed by atoms with E-state index in [4.69, 9.17) is 4.74 Å². The summed E-state index contributed by atoms with van der Waals surface area (Å²) in [4.78, 5) is 31.3. The summed E-state index contributed by atoms with van der Waals surface area (Å²) in [6.07, 6.45) is 4.74. The molecule has 1 spiro atoms. The number of piperidine rings is 1. The minimum absolute atomic E-state index is 0.214. The van der Waals surface area contributed by atoms with Gasteiger partial charge in [-0.1, -0.05) is 60.7 Å². The quantitative estimate of drug-likeness (QED) is 0.718. The van der Waals surface area contributed by atoms with E-state index in [1.165, 1.54) is 5.56 Å². The molecule has 0 bridgehead atoms. The van der Waals surface area contributed by atoms with Crippen LogP contribution < -0.4 is 0 Å². The molecule has 2 aromatic rings. The molecule has 5 heteroatoms. The molecule has 3 saturated heterocycles. The minimum Gasteiger partial charge on any atom is -0.381 e. The predicted octanol–water partition coefficient (Wildman–Crippen LogP) is 3.82. The summed E-state index contributed by atoms with van der Waals surface area (Å²) in [6.45, 7) is 2.55. The Balaban J connectivity index is 1.30. The van der Waals surface area contributed by atoms with Crippen LogP contribution in [0.25, 0.3) is 0 Å². The molecule has 1 atom stereocenters. The molecule has 5 rings (SSSR count). The van der Waals surface area contributed by atoms with E-state index in [1.807, 2.05) is 41.1 Å². The van der Waals surface area contributed by atoms with Crippen LogP contribution in [0.5, 0.6) is 0 Å². The topological polar surface area (TPSA) is 49.9 Å². The van der Waals surface area contributed by atoms with Crippen LogP contribution in [-0.2, 0) is 26.2 Å². The van der Waals surface area contributed by atoms with Gasteiger partial charge in [0.2, 0.25) is 11.8 Å². The Morgan fingerprint density at radius 1 is 0.939 bits per heavy atom. The third kappa shape index (κ3) is 3.97. The van der Waals surface area contributed by atoms with E-state index >= 15 is 0 Å². The van der Waals surface area contributed by atoms with Crippen molar-refractivity contribution >= 4 is 11.8 Å². The van der Waals surface area contributed by atoms with Gasteiger partial charge in [-0.25, -0.2) is 0 Å². The zero-order valence-corrected chi connectivity index (χ0v) is 19.5. The minimum atomic E-state index is -0.504. The van der Waals surface area contributed by atoms with E-state index in [-0.39, 0.29) is 23.3 Å². The number of amides is 2. The average Bonchev–Trinajstić information content (AvgIpc) is 3.10. The molecule has 3 aliphatic rings. The summed E-state index contributed by atoms with van der Waals surface area (Å²) in [7, 11) is 1.95. The fourth-order valence-corrected chi connectivity index (χ4v) is 6.27. The largest absolute Gasteiger partial charge is 0.381 e. The van der Waals surface area contributed by atoms with Gasteiger partial charge in [-0.2, -0.15) is 0 Å². The van der Waals surface area contributed by atoms with Crippen molar-refractivity contribution in [2.45, 2.75) is 50.0 Å². The predicted molar refractivity (Wildman–Crippen MR) is 128 cm³/mol. The zero-order valence-electron chi connectivity index (χ0n) is 19.5. The van der Waals surface area contributed by atoms with Gasteiger partial charge in [-0.15, -0.1) is 0 Å². The number of carbonyl (C=O) groups excluding carboxylic acids is 2. The normalized spacial score (nSPS) is 24.3. The van der Waals surface area contributed by atoms with Gasteiger partial charge in [0, 0.05) is 39.4 Å². The van der Waals surface area contributed by atoms with E-state index in [2.05, 4.69) is 36.4 Å². The van der Waals surface area contributed by atoms with Gasteiger partial charge in [0.15, 0.2) is 0 Å². The second-order valence-electron chi connectivity index (χ2n) is 10.1. The van der Waals surface area contributed by atoms with Gasteiger partial charge < -0.3 is 14.5 Å². The van der Waals surface area contributed by atoms with Gasteiger partial charge in [0.1, 0.15) is 0 Å². The SMILES string of the molecule is CN1C(=O)C2(CCN(C(=O)C3(c4ccccc4)CCOCC3)CC2)C[C@@H]1Cc1ccccc1. The maximum Gasteiger partial charge on any atom is 0.233 e. The van der Waals surface area contributed by atoms with E-state index in [1.54, 1.807) is 0 Å². The maximum atomic E-state index is 13.9. The Morgan fingerprint density at radius 2 is 1.55 bits per heavy atom. The molecular weight excluding hydrogens is 412 g/mol. The van der Waals surface area contributed by atoms with Crippen molar-refractivity contribution in [1.82, 2.24) is 9.80 Å². The standard InChI is InChI=1S/C28H34N2O3/c1-29-24(20-22-8-4-2-5-9-22)21-27(25(29)31)12-16-30(17-13-27)26(32)28(14-18-33-19-15-28)23-10-6-3-7-11-23/h2-11,24H,12-21H2,1H3/t24-/m0/s1. The fourth-order valence-electron chi connectivity index (χ4n) is 6.27. The summed E-state index contributed by atoms with van der Waals surface area (Å²) in [5.41, 5.74) is 1.55. The highest BCUT2D eigenvalue weighted by Crippen LogP contribution is 2.46. The maximum absolute atomic E-state index is 13.9. The number of nitrogens with zero attached hydrogens (tertiary/aromatic N) is 2. The number of likely N-dealkylation sites (tertiary alicyclic amines) is 2. The Kier molecular flexibility index (Phi) is 6.00. The average molecular weight is 447 g/mol. The number of ether oxygens (including phenoxy) is 1. The molecule has 0 aliphatic carbocycles. The lowest BCUT2D eigenvalue weighted by molar-refractivity contribution is -0.147. The molecular formula is C28H34N2O3. The Labute approximate surface area is 196 Å². The molecule has 2 aromatic carbocycles. The number of likely N-dealkylation sites (N-methyl/N-ethyl adjacent to an activating group) is 1. The number of hydrogen-bond donors (Lipinski definition) is 0. The summed E-state index contributed by atoms with van der Waals surface area (Å²) in [5, 5.41) is 0. The monoisotopic (exact) mass is 446 g/mol. The highest BCUT2D eigenvalue weighted by atomic mass is 16.5. The van der Waals surface area contributed by atoms with Crippen LogP contribution in [0.2, 0.25) is 0 Å². The van der Waals surface area contributed by atoms with Crippen molar-refractivity contribution in [3.05, 3.63) is 71.8 Å². The molecule has 0 unspecified atom stereocenters. The number of rotatable bonds is 4. The first-order valence-corrected chi connectivity index (χ1v) is 12.3. The molecule has 3 heterocycles. The molecule has 0 saturated carbocycles. The Hall–Kier alpha value is -2.66. The van der Waals surface area contributed by atoms with Crippen LogP contribution in [0, 0.1) is 5.41 Å². The first-order chi connectivity index (χ1) is 16.0. The highest BCUT2D eigenvalue weighted by Gasteiger charge is 2.53. The van der Waals surface area contributed by atoms with E-state index in [0.29, 0.717) is 26.3 Å². The van der Waals surface area contributed by atoms with Gasteiger partial charge >= 0.3 is 0 Å². The lowest BCUT2D eigenvalue weighted by Gasteiger charge is -2.44. The summed E-state index contributed by atoms with van der Waals surface area (Å²) in [5.74, 6) is 0.478. The summed E-state index contributed by atoms with van der Waals surface area (Å²) >= 11 is 0. The fraction of sp³-hybridized carbons (Fsp3) is 0.500. The zero-order chi connectivity index (χ0) is 22.9. The Bertz CT molecular complexity index is 977. The van der Waals surface area contributed by atoms with Crippen LogP contribution in [0.4, 0.5) is 0 Å². The number of carbonyl (C=O) groups is 2. The molecule has 0 N–H and O–H groups in total.